The van der Waals surface area contributed by atoms with E-state index in [-0.39, 0.29) is 16.9 Å². The zero-order valence-electron chi connectivity index (χ0n) is 18.6. The summed E-state index contributed by atoms with van der Waals surface area (Å²) in [7, 11) is 0. The smallest absolute Gasteiger partial charge is 0.251 e. The SMILES string of the molecule is CC(C)(C)CNC(=O)c1cc(F)cc(-c2ccc3nc(Nc4ccccc4C#N)nn3c2)c1. The lowest BCUT2D eigenvalue weighted by atomic mass is 9.96. The van der Waals surface area contributed by atoms with Gasteiger partial charge in [-0.25, -0.2) is 8.91 Å². The van der Waals surface area contributed by atoms with E-state index in [9.17, 15) is 14.4 Å². The van der Waals surface area contributed by atoms with Crippen LogP contribution in [0.25, 0.3) is 16.8 Å². The van der Waals surface area contributed by atoms with E-state index in [0.29, 0.717) is 40.5 Å². The molecule has 33 heavy (non-hydrogen) atoms. The third-order valence-corrected chi connectivity index (χ3v) is 4.90. The van der Waals surface area contributed by atoms with Crippen LogP contribution in [-0.2, 0) is 0 Å². The summed E-state index contributed by atoms with van der Waals surface area (Å²) in [5, 5.41) is 19.6. The Kier molecular flexibility index (Phi) is 5.80. The van der Waals surface area contributed by atoms with Gasteiger partial charge in [-0.05, 0) is 53.4 Å². The molecule has 0 aliphatic rings. The van der Waals surface area contributed by atoms with Crippen molar-refractivity contribution in [3.63, 3.8) is 0 Å². The molecule has 4 rings (SSSR count). The number of nitriles is 1. The fourth-order valence-electron chi connectivity index (χ4n) is 3.25. The van der Waals surface area contributed by atoms with Crippen molar-refractivity contribution < 1.29 is 9.18 Å². The number of aromatic nitrogens is 3. The molecule has 0 aliphatic carbocycles. The highest BCUT2D eigenvalue weighted by molar-refractivity contribution is 5.95. The lowest BCUT2D eigenvalue weighted by Gasteiger charge is -2.18. The largest absolute Gasteiger partial charge is 0.352 e. The molecule has 0 fully saturated rings. The monoisotopic (exact) mass is 442 g/mol. The second-order valence-electron chi connectivity index (χ2n) is 8.91. The first-order valence-corrected chi connectivity index (χ1v) is 10.4. The number of fused-ring (bicyclic) bond motifs is 1. The second-order valence-corrected chi connectivity index (χ2v) is 8.91. The molecule has 7 nitrogen and oxygen atoms in total. The van der Waals surface area contributed by atoms with Crippen LogP contribution < -0.4 is 10.6 Å². The number of amides is 1. The fraction of sp³-hybridized carbons (Fsp3) is 0.200. The minimum absolute atomic E-state index is 0.0799. The van der Waals surface area contributed by atoms with Crippen LogP contribution in [0.15, 0.2) is 60.8 Å². The van der Waals surface area contributed by atoms with Gasteiger partial charge in [-0.2, -0.15) is 10.2 Å². The molecule has 0 atom stereocenters. The molecule has 1 amide bonds. The minimum Gasteiger partial charge on any atom is -0.352 e. The summed E-state index contributed by atoms with van der Waals surface area (Å²) in [6, 6.07) is 17.0. The van der Waals surface area contributed by atoms with Gasteiger partial charge in [-0.3, -0.25) is 4.79 Å². The van der Waals surface area contributed by atoms with Gasteiger partial charge in [0.05, 0.1) is 11.3 Å². The number of carbonyl (C=O) groups is 1. The summed E-state index contributed by atoms with van der Waals surface area (Å²) in [5.41, 5.74) is 3.07. The normalized spacial score (nSPS) is 11.2. The van der Waals surface area contributed by atoms with Gasteiger partial charge >= 0.3 is 0 Å². The lowest BCUT2D eigenvalue weighted by molar-refractivity contribution is 0.0939. The molecular formula is C25H23FN6O. The van der Waals surface area contributed by atoms with Gasteiger partial charge in [0.2, 0.25) is 5.95 Å². The quantitative estimate of drug-likeness (QED) is 0.457. The number of nitrogens with one attached hydrogen (secondary N) is 2. The Labute approximate surface area is 190 Å². The van der Waals surface area contributed by atoms with Crippen molar-refractivity contribution >= 4 is 23.2 Å². The standard InChI is InChI=1S/C25H23FN6O/c1-25(2,3)15-28-23(33)19-10-18(11-20(26)12-19)17-8-9-22-30-24(31-32(22)14-17)29-21-7-5-4-6-16(21)13-27/h4-12,14H,15H2,1-3H3,(H,28,33)(H,29,31). The van der Waals surface area contributed by atoms with Gasteiger partial charge < -0.3 is 10.6 Å². The molecule has 8 heteroatoms. The molecule has 0 saturated heterocycles. The Morgan fingerprint density at radius 2 is 1.91 bits per heavy atom. The Morgan fingerprint density at radius 3 is 2.67 bits per heavy atom. The van der Waals surface area contributed by atoms with E-state index < -0.39 is 5.82 Å². The second kappa shape index (κ2) is 8.71. The molecule has 0 aliphatic heterocycles. The van der Waals surface area contributed by atoms with Crippen LogP contribution in [0.2, 0.25) is 0 Å². The van der Waals surface area contributed by atoms with Gasteiger partial charge in [0, 0.05) is 23.9 Å². The summed E-state index contributed by atoms with van der Waals surface area (Å²) in [6.07, 6.45) is 1.72. The predicted molar refractivity (Wildman–Crippen MR) is 125 cm³/mol. The van der Waals surface area contributed by atoms with E-state index in [0.717, 1.165) is 0 Å². The molecule has 0 bridgehead atoms. The highest BCUT2D eigenvalue weighted by atomic mass is 19.1. The fourth-order valence-corrected chi connectivity index (χ4v) is 3.25. The zero-order chi connectivity index (χ0) is 23.6. The molecule has 0 saturated carbocycles. The minimum atomic E-state index is -0.498. The van der Waals surface area contributed by atoms with Crippen molar-refractivity contribution in [3.05, 3.63) is 77.7 Å². The lowest BCUT2D eigenvalue weighted by Crippen LogP contribution is -2.32. The number of pyridine rings is 1. The Balaban J connectivity index is 1.62. The number of hydrogen-bond acceptors (Lipinski definition) is 5. The van der Waals surface area contributed by atoms with Gasteiger partial charge in [-0.15, -0.1) is 5.10 Å². The first-order chi connectivity index (χ1) is 15.7. The maximum atomic E-state index is 14.3. The molecule has 0 unspecified atom stereocenters. The summed E-state index contributed by atoms with van der Waals surface area (Å²) in [5.74, 6) is -0.492. The third-order valence-electron chi connectivity index (χ3n) is 4.90. The number of nitrogens with zero attached hydrogens (tertiary/aromatic N) is 4. The molecule has 2 N–H and O–H groups in total. The van der Waals surface area contributed by atoms with Crippen molar-refractivity contribution in [1.29, 1.82) is 5.26 Å². The molecule has 166 valence electrons. The van der Waals surface area contributed by atoms with E-state index >= 15 is 0 Å². The molecule has 0 radical (unpaired) electrons. The first-order valence-electron chi connectivity index (χ1n) is 10.4. The molecule has 0 spiro atoms. The van der Waals surface area contributed by atoms with Crippen LogP contribution in [-0.4, -0.2) is 27.0 Å². The van der Waals surface area contributed by atoms with Crippen molar-refractivity contribution in [1.82, 2.24) is 19.9 Å². The van der Waals surface area contributed by atoms with Crippen LogP contribution in [0.5, 0.6) is 0 Å². The number of anilines is 2. The van der Waals surface area contributed by atoms with Crippen LogP contribution in [0, 0.1) is 22.6 Å². The van der Waals surface area contributed by atoms with Crippen LogP contribution in [0.4, 0.5) is 16.0 Å². The van der Waals surface area contributed by atoms with Gasteiger partial charge in [0.15, 0.2) is 5.65 Å². The van der Waals surface area contributed by atoms with Crippen molar-refractivity contribution in [2.45, 2.75) is 20.8 Å². The topological polar surface area (TPSA) is 95.1 Å². The number of carbonyl (C=O) groups excluding carboxylic acids is 1. The van der Waals surface area contributed by atoms with E-state index in [1.807, 2.05) is 26.8 Å². The number of rotatable bonds is 5. The van der Waals surface area contributed by atoms with Crippen LogP contribution in [0.1, 0.15) is 36.7 Å². The highest BCUT2D eigenvalue weighted by Gasteiger charge is 2.15. The van der Waals surface area contributed by atoms with Crippen molar-refractivity contribution in [3.8, 4) is 17.2 Å². The Morgan fingerprint density at radius 1 is 1.12 bits per heavy atom. The zero-order valence-corrected chi connectivity index (χ0v) is 18.6. The predicted octanol–water partition coefficient (Wildman–Crippen LogP) is 4.93. The van der Waals surface area contributed by atoms with Crippen molar-refractivity contribution in [2.75, 3.05) is 11.9 Å². The number of hydrogen-bond donors (Lipinski definition) is 2. The van der Waals surface area contributed by atoms with E-state index in [2.05, 4.69) is 26.8 Å². The third kappa shape index (κ3) is 5.15. The van der Waals surface area contributed by atoms with Crippen LogP contribution in [0.3, 0.4) is 0 Å². The first kappa shape index (κ1) is 22.0. The number of halogens is 1. The summed E-state index contributed by atoms with van der Waals surface area (Å²) < 4.78 is 15.9. The van der Waals surface area contributed by atoms with Gasteiger partial charge in [-0.1, -0.05) is 32.9 Å². The van der Waals surface area contributed by atoms with Crippen LogP contribution >= 0.6 is 0 Å². The molecule has 2 aromatic carbocycles. The highest BCUT2D eigenvalue weighted by Crippen LogP contribution is 2.24. The summed E-state index contributed by atoms with van der Waals surface area (Å²) >= 11 is 0. The Hall–Kier alpha value is -4.25. The average Bonchev–Trinajstić information content (AvgIpc) is 3.18. The maximum absolute atomic E-state index is 14.3. The number of para-hydroxylation sites is 1. The van der Waals surface area contributed by atoms with Gasteiger partial charge in [0.1, 0.15) is 11.9 Å². The van der Waals surface area contributed by atoms with E-state index in [4.69, 9.17) is 0 Å². The maximum Gasteiger partial charge on any atom is 0.251 e. The molecular weight excluding hydrogens is 419 g/mol. The molecule has 2 heterocycles. The molecule has 4 aromatic rings. The Bertz CT molecular complexity index is 1380. The van der Waals surface area contributed by atoms with E-state index in [1.165, 1.54) is 12.1 Å². The van der Waals surface area contributed by atoms with E-state index in [1.54, 1.807) is 47.1 Å². The van der Waals surface area contributed by atoms with Crippen molar-refractivity contribution in [2.24, 2.45) is 5.41 Å². The average molecular weight is 442 g/mol. The molecule has 2 aromatic heterocycles. The number of benzene rings is 2. The van der Waals surface area contributed by atoms with Gasteiger partial charge in [0.25, 0.3) is 5.91 Å². The summed E-state index contributed by atoms with van der Waals surface area (Å²) in [4.78, 5) is 17.0. The summed E-state index contributed by atoms with van der Waals surface area (Å²) in [6.45, 7) is 6.52.